The predicted molar refractivity (Wildman–Crippen MR) is 102 cm³/mol. The van der Waals surface area contributed by atoms with Crippen molar-refractivity contribution in [2.45, 2.75) is 13.0 Å². The number of nitrogens with zero attached hydrogens (tertiary/aromatic N) is 1. The molecule has 1 unspecified atom stereocenters. The molecular weight excluding hydrogens is 438 g/mol. The first kappa shape index (κ1) is 19.4. The van der Waals surface area contributed by atoms with Gasteiger partial charge in [0.15, 0.2) is 6.10 Å². The summed E-state index contributed by atoms with van der Waals surface area (Å²) >= 11 is 9.17. The van der Waals surface area contributed by atoms with E-state index in [1.165, 1.54) is 0 Å². The van der Waals surface area contributed by atoms with Gasteiger partial charge in [-0.25, -0.2) is 4.79 Å². The zero-order chi connectivity index (χ0) is 19.6. The Hall–Kier alpha value is -2.38. The molecule has 2 amide bonds. The van der Waals surface area contributed by atoms with Gasteiger partial charge in [-0.05, 0) is 53.2 Å². The number of benzene rings is 2. The minimum absolute atomic E-state index is 0.0184. The van der Waals surface area contributed by atoms with E-state index in [2.05, 4.69) is 15.9 Å². The lowest BCUT2D eigenvalue weighted by Crippen LogP contribution is -2.35. The number of carbonyl (C=O) groups excluding carboxylic acids is 3. The average molecular weight is 453 g/mol. The number of esters is 1. The highest BCUT2D eigenvalue weighted by Gasteiger charge is 2.35. The van der Waals surface area contributed by atoms with Crippen LogP contribution in [0.15, 0.2) is 46.9 Å². The second-order valence-corrected chi connectivity index (χ2v) is 7.10. The highest BCUT2D eigenvalue weighted by Crippen LogP contribution is 2.29. The largest absolute Gasteiger partial charge is 0.478 e. The molecule has 1 heterocycles. The summed E-state index contributed by atoms with van der Waals surface area (Å²) in [4.78, 5) is 37.7. The van der Waals surface area contributed by atoms with Gasteiger partial charge in [-0.3, -0.25) is 14.5 Å². The Balaban J connectivity index is 1.52. The lowest BCUT2D eigenvalue weighted by atomic mass is 10.1. The van der Waals surface area contributed by atoms with E-state index in [0.717, 1.165) is 4.90 Å². The molecule has 140 valence electrons. The van der Waals surface area contributed by atoms with E-state index < -0.39 is 12.1 Å². The maximum Gasteiger partial charge on any atom is 0.347 e. The minimum atomic E-state index is -0.871. The van der Waals surface area contributed by atoms with Crippen molar-refractivity contribution in [3.05, 3.63) is 63.1 Å². The van der Waals surface area contributed by atoms with Gasteiger partial charge in [-0.2, -0.15) is 0 Å². The molecule has 0 aliphatic carbocycles. The first-order chi connectivity index (χ1) is 12.9. The summed E-state index contributed by atoms with van der Waals surface area (Å²) in [5.74, 6) is -0.931. The molecule has 0 bridgehead atoms. The summed E-state index contributed by atoms with van der Waals surface area (Å²) in [6.45, 7) is 1.42. The summed E-state index contributed by atoms with van der Waals surface area (Å²) < 4.78 is 11.3. The number of hydrogen-bond donors (Lipinski definition) is 0. The fourth-order valence-electron chi connectivity index (χ4n) is 2.61. The Morgan fingerprint density at radius 3 is 2.37 bits per heavy atom. The zero-order valence-electron chi connectivity index (χ0n) is 14.3. The molecule has 27 heavy (non-hydrogen) atoms. The third-order valence-corrected chi connectivity index (χ3v) is 4.82. The van der Waals surface area contributed by atoms with E-state index in [-0.39, 0.29) is 25.0 Å². The lowest BCUT2D eigenvalue weighted by molar-refractivity contribution is -0.151. The minimum Gasteiger partial charge on any atom is -0.478 e. The fourth-order valence-corrected chi connectivity index (χ4v) is 3.38. The Bertz CT molecular complexity index is 882. The molecule has 0 spiro atoms. The van der Waals surface area contributed by atoms with E-state index in [0.29, 0.717) is 26.4 Å². The van der Waals surface area contributed by atoms with Crippen molar-refractivity contribution < 1.29 is 23.9 Å². The Morgan fingerprint density at radius 2 is 1.78 bits per heavy atom. The molecule has 0 fully saturated rings. The molecule has 1 atom stereocenters. The van der Waals surface area contributed by atoms with Gasteiger partial charge in [0.25, 0.3) is 11.8 Å². The highest BCUT2D eigenvalue weighted by molar-refractivity contribution is 9.10. The van der Waals surface area contributed by atoms with E-state index in [4.69, 9.17) is 21.1 Å². The molecule has 8 heteroatoms. The summed E-state index contributed by atoms with van der Waals surface area (Å²) in [7, 11) is 0. The van der Waals surface area contributed by atoms with Gasteiger partial charge in [0.05, 0.1) is 22.1 Å². The van der Waals surface area contributed by atoms with Crippen LogP contribution in [-0.2, 0) is 9.53 Å². The summed E-state index contributed by atoms with van der Waals surface area (Å²) in [5.41, 5.74) is 0.719. The number of ether oxygens (including phenoxy) is 2. The van der Waals surface area contributed by atoms with Crippen molar-refractivity contribution >= 4 is 45.3 Å². The first-order valence-corrected chi connectivity index (χ1v) is 9.29. The number of hydrogen-bond acceptors (Lipinski definition) is 5. The molecule has 0 saturated heterocycles. The Morgan fingerprint density at radius 1 is 1.15 bits per heavy atom. The van der Waals surface area contributed by atoms with Crippen molar-refractivity contribution in [3.8, 4) is 5.75 Å². The number of rotatable bonds is 6. The number of halogens is 2. The van der Waals surface area contributed by atoms with Gasteiger partial charge in [-0.1, -0.05) is 23.7 Å². The maximum atomic E-state index is 12.2. The average Bonchev–Trinajstić information content (AvgIpc) is 2.89. The highest BCUT2D eigenvalue weighted by atomic mass is 79.9. The van der Waals surface area contributed by atoms with Gasteiger partial charge in [-0.15, -0.1) is 0 Å². The van der Waals surface area contributed by atoms with Gasteiger partial charge in [0, 0.05) is 5.02 Å². The quantitative estimate of drug-likeness (QED) is 0.493. The predicted octanol–water partition coefficient (Wildman–Crippen LogP) is 3.71. The molecule has 0 N–H and O–H groups in total. The van der Waals surface area contributed by atoms with E-state index in [1.54, 1.807) is 49.4 Å². The molecule has 3 rings (SSSR count). The molecule has 2 aromatic carbocycles. The van der Waals surface area contributed by atoms with E-state index >= 15 is 0 Å². The Labute approximate surface area is 169 Å². The molecule has 0 aromatic heterocycles. The topological polar surface area (TPSA) is 72.9 Å². The smallest absolute Gasteiger partial charge is 0.347 e. The second-order valence-electron chi connectivity index (χ2n) is 5.81. The normalized spacial score (nSPS) is 14.1. The molecule has 2 aromatic rings. The summed E-state index contributed by atoms with van der Waals surface area (Å²) in [6, 6.07) is 11.5. The van der Waals surface area contributed by atoms with Gasteiger partial charge in [0.2, 0.25) is 0 Å². The van der Waals surface area contributed by atoms with Crippen LogP contribution in [0.5, 0.6) is 5.75 Å². The standard InChI is InChI=1S/C19H15BrClNO5/c1-11(27-16-7-6-12(21)10-15(16)20)19(25)26-9-8-22-17(23)13-4-2-3-5-14(13)18(22)24/h2-7,10-11H,8-9H2,1H3. The van der Waals surface area contributed by atoms with Crippen LogP contribution < -0.4 is 4.74 Å². The van der Waals surface area contributed by atoms with Crippen molar-refractivity contribution in [2.24, 2.45) is 0 Å². The number of amides is 2. The molecule has 1 aliphatic heterocycles. The van der Waals surface area contributed by atoms with Crippen molar-refractivity contribution in [2.75, 3.05) is 13.2 Å². The fraction of sp³-hybridized carbons (Fsp3) is 0.211. The third kappa shape index (κ3) is 4.14. The molecular formula is C19H15BrClNO5. The molecule has 1 aliphatic rings. The first-order valence-electron chi connectivity index (χ1n) is 8.12. The lowest BCUT2D eigenvalue weighted by Gasteiger charge is -2.17. The molecule has 0 radical (unpaired) electrons. The van der Waals surface area contributed by atoms with Crippen LogP contribution in [0.3, 0.4) is 0 Å². The monoisotopic (exact) mass is 451 g/mol. The van der Waals surface area contributed by atoms with Crippen molar-refractivity contribution in [3.63, 3.8) is 0 Å². The van der Waals surface area contributed by atoms with Crippen LogP contribution in [-0.4, -0.2) is 41.9 Å². The number of imide groups is 1. The Kier molecular flexibility index (Phi) is 5.82. The van der Waals surface area contributed by atoms with Crippen LogP contribution >= 0.6 is 27.5 Å². The summed E-state index contributed by atoms with van der Waals surface area (Å²) in [5, 5.41) is 0.533. The van der Waals surface area contributed by atoms with Gasteiger partial charge >= 0.3 is 5.97 Å². The number of fused-ring (bicyclic) bond motifs is 1. The maximum absolute atomic E-state index is 12.2. The van der Waals surface area contributed by atoms with Crippen LogP contribution in [0, 0.1) is 0 Å². The van der Waals surface area contributed by atoms with Crippen molar-refractivity contribution in [1.82, 2.24) is 4.90 Å². The van der Waals surface area contributed by atoms with Crippen LogP contribution in [0.25, 0.3) is 0 Å². The third-order valence-electron chi connectivity index (χ3n) is 3.97. The SMILES string of the molecule is CC(Oc1ccc(Cl)cc1Br)C(=O)OCCN1C(=O)c2ccccc2C1=O. The summed E-state index contributed by atoms with van der Waals surface area (Å²) in [6.07, 6.45) is -0.871. The van der Waals surface area contributed by atoms with E-state index in [1.807, 2.05) is 0 Å². The number of carbonyl (C=O) groups is 3. The zero-order valence-corrected chi connectivity index (χ0v) is 16.6. The molecule has 6 nitrogen and oxygen atoms in total. The van der Waals surface area contributed by atoms with Gasteiger partial charge < -0.3 is 9.47 Å². The van der Waals surface area contributed by atoms with Crippen molar-refractivity contribution in [1.29, 1.82) is 0 Å². The second kappa shape index (κ2) is 8.10. The van der Waals surface area contributed by atoms with E-state index in [9.17, 15) is 14.4 Å². The van der Waals surface area contributed by atoms with Gasteiger partial charge in [0.1, 0.15) is 12.4 Å². The van der Waals surface area contributed by atoms with Crippen LogP contribution in [0.1, 0.15) is 27.6 Å². The van der Waals surface area contributed by atoms with Crippen LogP contribution in [0.2, 0.25) is 5.02 Å². The van der Waals surface area contributed by atoms with Crippen LogP contribution in [0.4, 0.5) is 0 Å². The molecule has 0 saturated carbocycles.